The third-order valence-corrected chi connectivity index (χ3v) is 8.04. The van der Waals surface area contributed by atoms with Crippen LogP contribution in [0.2, 0.25) is 0 Å². The average molecular weight is 382 g/mol. The van der Waals surface area contributed by atoms with Crippen molar-refractivity contribution < 1.29 is 9.53 Å². The van der Waals surface area contributed by atoms with Gasteiger partial charge >= 0.3 is 0 Å². The zero-order valence-corrected chi connectivity index (χ0v) is 16.6. The first-order chi connectivity index (χ1) is 13.2. The average Bonchev–Trinajstić information content (AvgIpc) is 3.40. The molecule has 1 saturated carbocycles. The van der Waals surface area contributed by atoms with Gasteiger partial charge in [0.2, 0.25) is 5.91 Å². The lowest BCUT2D eigenvalue weighted by molar-refractivity contribution is -0.141. The third kappa shape index (κ3) is 2.89. The third-order valence-electron chi connectivity index (χ3n) is 6.97. The maximum Gasteiger partial charge on any atom is 0.234 e. The smallest absolute Gasteiger partial charge is 0.234 e. The van der Waals surface area contributed by atoms with Crippen LogP contribution in [0.15, 0.2) is 41.8 Å². The van der Waals surface area contributed by atoms with E-state index in [4.69, 9.17) is 4.74 Å². The highest BCUT2D eigenvalue weighted by atomic mass is 32.1. The fourth-order valence-corrected chi connectivity index (χ4v) is 6.30. The molecular formula is C23H27NO2S. The molecule has 2 aromatic rings. The molecule has 0 N–H and O–H groups in total. The van der Waals surface area contributed by atoms with Crippen LogP contribution in [0.4, 0.5) is 0 Å². The van der Waals surface area contributed by atoms with E-state index in [1.807, 2.05) is 0 Å². The van der Waals surface area contributed by atoms with Gasteiger partial charge in [-0.1, -0.05) is 37.1 Å². The van der Waals surface area contributed by atoms with Crippen molar-refractivity contribution in [3.8, 4) is 5.75 Å². The number of likely N-dealkylation sites (tertiary alicyclic amines) is 1. The van der Waals surface area contributed by atoms with Gasteiger partial charge in [0.1, 0.15) is 11.4 Å². The Bertz CT molecular complexity index is 815. The number of aryl methyl sites for hydroxylation is 1. The number of hydrogen-bond donors (Lipinski definition) is 0. The number of ether oxygens (including phenoxy) is 1. The summed E-state index contributed by atoms with van der Waals surface area (Å²) in [6.07, 6.45) is 8.42. The highest BCUT2D eigenvalue weighted by Crippen LogP contribution is 2.46. The van der Waals surface area contributed by atoms with Crippen LogP contribution in [0.3, 0.4) is 0 Å². The summed E-state index contributed by atoms with van der Waals surface area (Å²) in [6, 6.07) is 12.7. The monoisotopic (exact) mass is 381 g/mol. The molecule has 0 unspecified atom stereocenters. The number of para-hydroxylation sites is 1. The lowest BCUT2D eigenvalue weighted by Crippen LogP contribution is -2.54. The summed E-state index contributed by atoms with van der Waals surface area (Å²) in [6.45, 7) is 1.66. The molecule has 1 saturated heterocycles. The number of rotatable bonds is 2. The van der Waals surface area contributed by atoms with Gasteiger partial charge in [0.25, 0.3) is 0 Å². The molecule has 1 spiro atoms. The topological polar surface area (TPSA) is 29.5 Å². The molecule has 0 atom stereocenters. The number of carbonyl (C=O) groups is 1. The van der Waals surface area contributed by atoms with Crippen molar-refractivity contribution in [2.24, 2.45) is 0 Å². The number of piperidine rings is 1. The molecule has 1 aromatic carbocycles. The van der Waals surface area contributed by atoms with Crippen molar-refractivity contribution in [2.45, 2.75) is 62.4 Å². The molecule has 1 aromatic heterocycles. The van der Waals surface area contributed by atoms with Crippen LogP contribution in [0, 0.1) is 0 Å². The Labute approximate surface area is 165 Å². The molecule has 3 aliphatic rings. The first-order valence-corrected chi connectivity index (χ1v) is 11.2. The van der Waals surface area contributed by atoms with Gasteiger partial charge in [-0.25, -0.2) is 0 Å². The van der Waals surface area contributed by atoms with Gasteiger partial charge in [-0.15, -0.1) is 11.3 Å². The summed E-state index contributed by atoms with van der Waals surface area (Å²) in [7, 11) is 0. The summed E-state index contributed by atoms with van der Waals surface area (Å²) in [4.78, 5) is 17.0. The number of benzene rings is 1. The molecule has 3 heterocycles. The second kappa shape index (κ2) is 6.66. The van der Waals surface area contributed by atoms with E-state index in [2.05, 4.69) is 46.7 Å². The summed E-state index contributed by atoms with van der Waals surface area (Å²) in [5.41, 5.74) is 1.000. The lowest BCUT2D eigenvalue weighted by atomic mass is 9.79. The Morgan fingerprint density at radius 2 is 1.74 bits per heavy atom. The zero-order valence-electron chi connectivity index (χ0n) is 15.8. The van der Waals surface area contributed by atoms with Crippen LogP contribution >= 0.6 is 11.3 Å². The van der Waals surface area contributed by atoms with Crippen molar-refractivity contribution in [3.63, 3.8) is 0 Å². The summed E-state index contributed by atoms with van der Waals surface area (Å²) < 4.78 is 6.48. The number of nitrogens with zero attached hydrogens (tertiary/aromatic N) is 1. The predicted molar refractivity (Wildman–Crippen MR) is 108 cm³/mol. The van der Waals surface area contributed by atoms with E-state index in [-0.39, 0.29) is 11.0 Å². The van der Waals surface area contributed by atoms with Crippen LogP contribution in [-0.4, -0.2) is 29.5 Å². The molecule has 0 bridgehead atoms. The Hall–Kier alpha value is -1.81. The Kier molecular flexibility index (Phi) is 4.27. The molecule has 5 rings (SSSR count). The molecule has 0 radical (unpaired) electrons. The van der Waals surface area contributed by atoms with Crippen molar-refractivity contribution in [1.82, 2.24) is 4.90 Å². The van der Waals surface area contributed by atoms with Crippen LogP contribution < -0.4 is 4.74 Å². The van der Waals surface area contributed by atoms with Crippen molar-refractivity contribution in [2.75, 3.05) is 13.1 Å². The van der Waals surface area contributed by atoms with Crippen LogP contribution in [-0.2, 0) is 16.6 Å². The Balaban J connectivity index is 1.31. The first kappa shape index (κ1) is 17.3. The summed E-state index contributed by atoms with van der Waals surface area (Å²) in [5.74, 6) is 1.42. The van der Waals surface area contributed by atoms with E-state index >= 15 is 0 Å². The number of carbonyl (C=O) groups excluding carboxylic acids is 1. The van der Waals surface area contributed by atoms with Gasteiger partial charge in [-0.2, -0.15) is 0 Å². The maximum atomic E-state index is 13.6. The molecule has 1 amide bonds. The summed E-state index contributed by atoms with van der Waals surface area (Å²) in [5, 5.41) is 2.11. The van der Waals surface area contributed by atoms with Gasteiger partial charge in [-0.05, 0) is 48.8 Å². The second-order valence-electron chi connectivity index (χ2n) is 8.45. The fraction of sp³-hybridized carbons (Fsp3) is 0.522. The number of thiophene rings is 1. The highest BCUT2D eigenvalue weighted by Gasteiger charge is 2.48. The molecule has 27 heavy (non-hydrogen) atoms. The maximum absolute atomic E-state index is 13.6. The lowest BCUT2D eigenvalue weighted by Gasteiger charge is -2.46. The van der Waals surface area contributed by atoms with Crippen molar-refractivity contribution >= 4 is 17.2 Å². The second-order valence-corrected chi connectivity index (χ2v) is 9.40. The zero-order chi connectivity index (χ0) is 18.3. The van der Waals surface area contributed by atoms with Crippen molar-refractivity contribution in [3.05, 3.63) is 52.2 Å². The Morgan fingerprint density at radius 1 is 0.963 bits per heavy atom. The fourth-order valence-electron chi connectivity index (χ4n) is 5.32. The highest BCUT2D eigenvalue weighted by molar-refractivity contribution is 7.10. The van der Waals surface area contributed by atoms with E-state index in [1.165, 1.54) is 23.3 Å². The molecule has 3 nitrogen and oxygen atoms in total. The quantitative estimate of drug-likeness (QED) is 0.737. The van der Waals surface area contributed by atoms with E-state index < -0.39 is 0 Å². The van der Waals surface area contributed by atoms with E-state index in [1.54, 1.807) is 11.3 Å². The first-order valence-electron chi connectivity index (χ1n) is 10.3. The van der Waals surface area contributed by atoms with Gasteiger partial charge in [0, 0.05) is 30.8 Å². The minimum atomic E-state index is -0.251. The van der Waals surface area contributed by atoms with Gasteiger partial charge in [0.05, 0.1) is 5.41 Å². The largest absolute Gasteiger partial charge is 0.487 e. The minimum Gasteiger partial charge on any atom is -0.487 e. The normalized spacial score (nSPS) is 23.0. The SMILES string of the molecule is O=C(N1CCC2(CCc3ccccc3O2)CC1)C1(c2cccs2)CCCC1. The van der Waals surface area contributed by atoms with Gasteiger partial charge in [-0.3, -0.25) is 4.79 Å². The standard InChI is InChI=1S/C23H27NO2S/c25-21(23(10-3-4-11-23)20-8-5-17-27-20)24-15-13-22(14-16-24)12-9-18-6-1-2-7-19(18)26-22/h1-2,5-8,17H,3-4,9-16H2. The molecule has 2 fully saturated rings. The van der Waals surface area contributed by atoms with Gasteiger partial charge in [0.15, 0.2) is 0 Å². The van der Waals surface area contributed by atoms with E-state index in [0.717, 1.165) is 57.4 Å². The number of hydrogen-bond acceptors (Lipinski definition) is 3. The van der Waals surface area contributed by atoms with Crippen molar-refractivity contribution in [1.29, 1.82) is 0 Å². The molecular weight excluding hydrogens is 354 g/mol. The van der Waals surface area contributed by atoms with E-state index in [9.17, 15) is 4.79 Å². The predicted octanol–water partition coefficient (Wildman–Crippen LogP) is 4.95. The Morgan fingerprint density at radius 3 is 2.48 bits per heavy atom. The minimum absolute atomic E-state index is 0.0725. The van der Waals surface area contributed by atoms with Crippen LogP contribution in [0.5, 0.6) is 5.75 Å². The molecule has 142 valence electrons. The number of fused-ring (bicyclic) bond motifs is 1. The van der Waals surface area contributed by atoms with E-state index in [0.29, 0.717) is 5.91 Å². The van der Waals surface area contributed by atoms with Gasteiger partial charge < -0.3 is 9.64 Å². The van der Waals surface area contributed by atoms with Crippen LogP contribution in [0.1, 0.15) is 55.4 Å². The summed E-state index contributed by atoms with van der Waals surface area (Å²) >= 11 is 1.75. The van der Waals surface area contributed by atoms with Crippen LogP contribution in [0.25, 0.3) is 0 Å². The molecule has 4 heteroatoms. The molecule has 1 aliphatic carbocycles. The molecule has 2 aliphatic heterocycles. The number of amides is 1.